The minimum absolute atomic E-state index is 0.383. The summed E-state index contributed by atoms with van der Waals surface area (Å²) in [7, 11) is -7.33. The molecule has 6 N–H and O–H groups in total. The summed E-state index contributed by atoms with van der Waals surface area (Å²) in [5, 5.41) is 30.7. The van der Waals surface area contributed by atoms with Crippen molar-refractivity contribution in [1.29, 1.82) is 0 Å². The van der Waals surface area contributed by atoms with Gasteiger partial charge in [-0.3, -0.25) is 23.4 Å². The Morgan fingerprint density at radius 1 is 1.11 bits per heavy atom. The van der Waals surface area contributed by atoms with Crippen LogP contribution in [0.5, 0.6) is 0 Å². The van der Waals surface area contributed by atoms with Crippen LogP contribution in [0, 0.1) is 0 Å². The minimum atomic E-state index is -5.34. The second-order valence-electron chi connectivity index (χ2n) is 8.56. The monoisotopic (exact) mass is 561 g/mol. The summed E-state index contributed by atoms with van der Waals surface area (Å²) in [6.45, 7) is 0.709. The molecule has 2 aliphatic rings. The molecule has 17 nitrogen and oxygen atoms in total. The van der Waals surface area contributed by atoms with Gasteiger partial charge in [-0.15, -0.1) is 0 Å². The topological polar surface area (TPSA) is 240 Å². The molecule has 206 valence electrons. The number of nitrogens with zero attached hydrogens (tertiary/aromatic N) is 2. The fraction of sp³-hybridized carbons (Fsp3) is 0.765. The molecule has 1 aromatic rings. The number of aromatic amines is 1. The molecule has 7 unspecified atom stereocenters. The molecule has 0 aliphatic carbocycles. The van der Waals surface area contributed by atoms with E-state index >= 15 is 0 Å². The van der Waals surface area contributed by atoms with Gasteiger partial charge in [0.2, 0.25) is 0 Å². The van der Waals surface area contributed by atoms with Gasteiger partial charge in [-0.2, -0.15) is 4.31 Å². The normalized spacial score (nSPS) is 36.5. The highest BCUT2D eigenvalue weighted by Crippen LogP contribution is 2.61. The Morgan fingerprint density at radius 2 is 1.78 bits per heavy atom. The molecule has 19 heteroatoms. The molecular weight excluding hydrogens is 532 g/mol. The largest absolute Gasteiger partial charge is 0.483 e. The highest BCUT2D eigenvalue weighted by atomic mass is 31.3. The Hall–Kier alpha value is -1.30. The number of aliphatic hydroxyl groups is 3. The van der Waals surface area contributed by atoms with Gasteiger partial charge in [-0.25, -0.2) is 13.9 Å². The lowest BCUT2D eigenvalue weighted by Gasteiger charge is -2.40. The first-order valence-electron chi connectivity index (χ1n) is 10.6. The maximum absolute atomic E-state index is 12.3. The number of hydrogen-bond donors (Lipinski definition) is 6. The van der Waals surface area contributed by atoms with Crippen molar-refractivity contribution in [3.8, 4) is 0 Å². The van der Waals surface area contributed by atoms with E-state index in [-0.39, 0.29) is 0 Å². The van der Waals surface area contributed by atoms with Gasteiger partial charge in [0.25, 0.3) is 5.56 Å². The van der Waals surface area contributed by atoms with Gasteiger partial charge in [-0.1, -0.05) is 0 Å². The molecule has 0 amide bonds. The van der Waals surface area contributed by atoms with E-state index in [4.69, 9.17) is 14.0 Å². The van der Waals surface area contributed by atoms with Crippen LogP contribution in [0.2, 0.25) is 0 Å². The first-order chi connectivity index (χ1) is 16.6. The minimum Gasteiger partial charge on any atom is -0.387 e. The summed E-state index contributed by atoms with van der Waals surface area (Å²) >= 11 is 0. The standard InChI is InChI=1S/C17H29N3O14P2/c1-8-6-9(19(2)3)12(22)16(31-8)33-36(28,29)34-35(26,27)30-7-10-13(23)14(24)15(32-10)20-5-4-11(21)18-17(20)25/h4-5,8-10,12-16,22-24H,6-7H2,1-3H3,(H,26,27)(H,28,29)(H,18,21,25)/t8?,9?,10-,12?,13?,14?,15-,16-/m1/s1. The first kappa shape index (κ1) is 29.3. The smallest absolute Gasteiger partial charge is 0.387 e. The molecule has 0 saturated carbocycles. The number of hydrogen-bond acceptors (Lipinski definition) is 13. The van der Waals surface area contributed by atoms with Gasteiger partial charge >= 0.3 is 21.3 Å². The zero-order valence-electron chi connectivity index (χ0n) is 19.4. The molecule has 0 aromatic carbocycles. The molecule has 3 rings (SSSR count). The third-order valence-electron chi connectivity index (χ3n) is 5.58. The van der Waals surface area contributed by atoms with E-state index in [9.17, 15) is 43.8 Å². The van der Waals surface area contributed by atoms with Gasteiger partial charge in [-0.05, 0) is 27.4 Å². The molecule has 36 heavy (non-hydrogen) atoms. The van der Waals surface area contributed by atoms with Crippen LogP contribution in [-0.4, -0.2) is 103 Å². The number of aromatic nitrogens is 2. The van der Waals surface area contributed by atoms with E-state index in [0.29, 0.717) is 6.42 Å². The fourth-order valence-corrected chi connectivity index (χ4v) is 5.98. The van der Waals surface area contributed by atoms with E-state index < -0.39 is 82.6 Å². The van der Waals surface area contributed by atoms with Crippen LogP contribution in [0.4, 0.5) is 0 Å². The lowest BCUT2D eigenvalue weighted by molar-refractivity contribution is -0.222. The lowest BCUT2D eigenvalue weighted by atomic mass is 9.99. The molecule has 3 heterocycles. The Labute approximate surface area is 204 Å². The van der Waals surface area contributed by atoms with Gasteiger partial charge in [0.1, 0.15) is 24.4 Å². The van der Waals surface area contributed by atoms with Crippen molar-refractivity contribution in [1.82, 2.24) is 14.5 Å². The van der Waals surface area contributed by atoms with E-state index in [0.717, 1.165) is 16.8 Å². The van der Waals surface area contributed by atoms with E-state index in [1.54, 1.807) is 25.9 Å². The van der Waals surface area contributed by atoms with E-state index in [1.165, 1.54) is 0 Å². The summed E-state index contributed by atoms with van der Waals surface area (Å²) in [6.07, 6.45) is -8.55. The molecule has 0 bridgehead atoms. The van der Waals surface area contributed by atoms with Crippen LogP contribution < -0.4 is 11.2 Å². The number of phosphoric ester groups is 2. The Bertz CT molecular complexity index is 1130. The Kier molecular flexibility index (Phi) is 9.11. The summed E-state index contributed by atoms with van der Waals surface area (Å²) < 4.78 is 49.7. The van der Waals surface area contributed by atoms with E-state index in [1.807, 2.05) is 4.98 Å². The van der Waals surface area contributed by atoms with E-state index in [2.05, 4.69) is 8.83 Å². The summed E-state index contributed by atoms with van der Waals surface area (Å²) in [5.74, 6) is 0. The lowest BCUT2D eigenvalue weighted by Crippen LogP contribution is -2.53. The molecule has 0 spiro atoms. The van der Waals surface area contributed by atoms with Crippen molar-refractivity contribution in [3.63, 3.8) is 0 Å². The van der Waals surface area contributed by atoms with Crippen molar-refractivity contribution >= 4 is 15.6 Å². The number of phosphoric acid groups is 2. The highest BCUT2D eigenvalue weighted by molar-refractivity contribution is 7.61. The summed E-state index contributed by atoms with van der Waals surface area (Å²) in [5.41, 5.74) is -1.66. The molecule has 10 atom stereocenters. The Morgan fingerprint density at radius 3 is 2.39 bits per heavy atom. The van der Waals surface area contributed by atoms with Crippen LogP contribution in [0.1, 0.15) is 19.6 Å². The maximum Gasteiger partial charge on any atom is 0.483 e. The number of likely N-dealkylation sites (N-methyl/N-ethyl adjacent to an activating group) is 1. The van der Waals surface area contributed by atoms with Crippen LogP contribution in [0.3, 0.4) is 0 Å². The molecular formula is C17H29N3O14P2. The summed E-state index contributed by atoms with van der Waals surface area (Å²) in [4.78, 5) is 46.6. The van der Waals surface area contributed by atoms with Crippen LogP contribution in [0.15, 0.2) is 21.9 Å². The number of rotatable bonds is 9. The third-order valence-corrected chi connectivity index (χ3v) is 8.18. The maximum atomic E-state index is 12.3. The molecule has 0 radical (unpaired) electrons. The van der Waals surface area contributed by atoms with Gasteiger partial charge in [0.15, 0.2) is 12.5 Å². The molecule has 2 aliphatic heterocycles. The highest BCUT2D eigenvalue weighted by Gasteiger charge is 2.47. The third kappa shape index (κ3) is 6.96. The number of nitrogens with one attached hydrogen (secondary N) is 1. The van der Waals surface area contributed by atoms with Crippen LogP contribution in [-0.2, 0) is 32.0 Å². The van der Waals surface area contributed by atoms with Crippen molar-refractivity contribution < 1.29 is 57.1 Å². The van der Waals surface area contributed by atoms with Gasteiger partial charge in [0.05, 0.1) is 12.7 Å². The van der Waals surface area contributed by atoms with Crippen molar-refractivity contribution in [3.05, 3.63) is 33.1 Å². The van der Waals surface area contributed by atoms with Gasteiger partial charge < -0.3 is 39.5 Å². The number of ether oxygens (including phenoxy) is 2. The second kappa shape index (κ2) is 11.2. The predicted molar refractivity (Wildman–Crippen MR) is 117 cm³/mol. The number of H-pyrrole nitrogens is 1. The fourth-order valence-electron chi connectivity index (χ4n) is 3.83. The number of aliphatic hydroxyl groups excluding tert-OH is 3. The van der Waals surface area contributed by atoms with Crippen molar-refractivity contribution in [2.45, 2.75) is 62.4 Å². The predicted octanol–water partition coefficient (Wildman–Crippen LogP) is -2.17. The first-order valence-corrected chi connectivity index (χ1v) is 13.6. The Balaban J connectivity index is 1.61. The SMILES string of the molecule is CC1CC(N(C)C)C(O)[C@@H](OP(=O)(O)OP(=O)(O)OC[C@H]2O[C@@H](n3ccc(=O)[nH]c3=O)C(O)C2O)O1. The van der Waals surface area contributed by atoms with Crippen molar-refractivity contribution in [2.24, 2.45) is 0 Å². The average Bonchev–Trinajstić information content (AvgIpc) is 3.02. The van der Waals surface area contributed by atoms with Crippen molar-refractivity contribution in [2.75, 3.05) is 20.7 Å². The van der Waals surface area contributed by atoms with Crippen LogP contribution in [0.25, 0.3) is 0 Å². The average molecular weight is 561 g/mol. The zero-order chi connectivity index (χ0) is 27.0. The zero-order valence-corrected chi connectivity index (χ0v) is 21.2. The van der Waals surface area contributed by atoms with Gasteiger partial charge in [0, 0.05) is 18.3 Å². The molecule has 1 aromatic heterocycles. The second-order valence-corrected chi connectivity index (χ2v) is 11.6. The van der Waals surface area contributed by atoms with Crippen LogP contribution >= 0.6 is 15.6 Å². The quantitative estimate of drug-likeness (QED) is 0.176. The summed E-state index contributed by atoms with van der Waals surface area (Å²) in [6, 6.07) is 0.461. The molecule has 2 fully saturated rings. The molecule has 2 saturated heterocycles.